The molecular formula is C24H20N2O7. The molecule has 0 saturated carbocycles. The third-order valence-corrected chi connectivity index (χ3v) is 4.88. The van der Waals surface area contributed by atoms with Gasteiger partial charge in [0, 0.05) is 0 Å². The van der Waals surface area contributed by atoms with E-state index in [2.05, 4.69) is 0 Å². The molecule has 2 amide bonds. The van der Waals surface area contributed by atoms with E-state index in [0.29, 0.717) is 5.56 Å². The highest BCUT2D eigenvalue weighted by atomic mass is 16.6. The maximum atomic E-state index is 12.7. The average molecular weight is 448 g/mol. The van der Waals surface area contributed by atoms with Crippen molar-refractivity contribution in [1.29, 1.82) is 5.26 Å². The third-order valence-electron chi connectivity index (χ3n) is 4.88. The molecule has 0 bridgehead atoms. The molecule has 2 aromatic carbocycles. The number of hydrogen-bond donors (Lipinski definition) is 0. The van der Waals surface area contributed by atoms with Crippen LogP contribution in [0, 0.1) is 11.3 Å². The van der Waals surface area contributed by atoms with Crippen LogP contribution in [0.3, 0.4) is 0 Å². The van der Waals surface area contributed by atoms with Gasteiger partial charge in [0.15, 0.2) is 11.5 Å². The molecule has 1 atom stereocenters. The fraction of sp³-hybridized carbons (Fsp3) is 0.208. The zero-order chi connectivity index (χ0) is 24.1. The van der Waals surface area contributed by atoms with E-state index < -0.39 is 29.8 Å². The van der Waals surface area contributed by atoms with Gasteiger partial charge in [0.05, 0.1) is 24.8 Å². The molecule has 1 heterocycles. The van der Waals surface area contributed by atoms with Gasteiger partial charge in [-0.1, -0.05) is 18.2 Å². The number of imide groups is 1. The standard InChI is InChI=1S/C24H20N2O7/c1-4-32-24(30)16(13-25)11-15-9-10-19(20(12-15)31-3)33-23(29)14(2)26-21(27)17-7-5-6-8-18(17)22(26)28/h5-12,14H,4H2,1-3H3/b16-11+. The number of ether oxygens (including phenoxy) is 3. The first-order valence-electron chi connectivity index (χ1n) is 9.97. The van der Waals surface area contributed by atoms with Gasteiger partial charge in [0.25, 0.3) is 11.8 Å². The number of hydrogen-bond acceptors (Lipinski definition) is 8. The number of fused-ring (bicyclic) bond motifs is 1. The molecule has 0 fully saturated rings. The summed E-state index contributed by atoms with van der Waals surface area (Å²) in [6.07, 6.45) is 1.31. The van der Waals surface area contributed by atoms with Crippen LogP contribution in [0.15, 0.2) is 48.0 Å². The molecule has 0 saturated heterocycles. The molecule has 1 unspecified atom stereocenters. The van der Waals surface area contributed by atoms with E-state index in [1.54, 1.807) is 25.1 Å². The van der Waals surface area contributed by atoms with E-state index in [-0.39, 0.29) is 34.8 Å². The lowest BCUT2D eigenvalue weighted by molar-refractivity contribution is -0.138. The van der Waals surface area contributed by atoms with Crippen LogP contribution in [0.5, 0.6) is 11.5 Å². The first-order chi connectivity index (χ1) is 15.8. The lowest BCUT2D eigenvalue weighted by Crippen LogP contribution is -2.44. The Balaban J connectivity index is 1.80. The molecule has 33 heavy (non-hydrogen) atoms. The maximum Gasteiger partial charge on any atom is 0.348 e. The van der Waals surface area contributed by atoms with Crippen molar-refractivity contribution in [2.24, 2.45) is 0 Å². The van der Waals surface area contributed by atoms with Gasteiger partial charge >= 0.3 is 11.9 Å². The number of amides is 2. The second kappa shape index (κ2) is 9.78. The molecule has 0 aliphatic carbocycles. The first kappa shape index (κ1) is 23.2. The van der Waals surface area contributed by atoms with Crippen LogP contribution in [0.1, 0.15) is 40.1 Å². The fourth-order valence-corrected chi connectivity index (χ4v) is 3.23. The average Bonchev–Trinajstić information content (AvgIpc) is 3.07. The Bertz CT molecular complexity index is 1170. The zero-order valence-electron chi connectivity index (χ0n) is 18.2. The summed E-state index contributed by atoms with van der Waals surface area (Å²) in [5, 5.41) is 9.18. The number of carbonyl (C=O) groups excluding carboxylic acids is 4. The van der Waals surface area contributed by atoms with Gasteiger partial charge in [-0.15, -0.1) is 0 Å². The van der Waals surface area contributed by atoms with Crippen LogP contribution < -0.4 is 9.47 Å². The van der Waals surface area contributed by atoms with Gasteiger partial charge < -0.3 is 14.2 Å². The van der Waals surface area contributed by atoms with Crippen LogP contribution in [-0.2, 0) is 14.3 Å². The largest absolute Gasteiger partial charge is 0.493 e. The smallest absolute Gasteiger partial charge is 0.348 e. The topological polar surface area (TPSA) is 123 Å². The van der Waals surface area contributed by atoms with Gasteiger partial charge in [-0.25, -0.2) is 9.59 Å². The number of nitrogens with zero attached hydrogens (tertiary/aromatic N) is 2. The maximum absolute atomic E-state index is 12.7. The predicted octanol–water partition coefficient (Wildman–Crippen LogP) is 2.76. The summed E-state index contributed by atoms with van der Waals surface area (Å²) >= 11 is 0. The van der Waals surface area contributed by atoms with E-state index in [9.17, 15) is 24.4 Å². The summed E-state index contributed by atoms with van der Waals surface area (Å²) in [6, 6.07) is 11.3. The van der Waals surface area contributed by atoms with Crippen molar-refractivity contribution in [2.45, 2.75) is 19.9 Å². The summed E-state index contributed by atoms with van der Waals surface area (Å²) in [5.74, 6) is -2.56. The van der Waals surface area contributed by atoms with Crippen LogP contribution >= 0.6 is 0 Å². The van der Waals surface area contributed by atoms with Gasteiger partial charge in [0.2, 0.25) is 0 Å². The quantitative estimate of drug-likeness (QED) is 0.208. The van der Waals surface area contributed by atoms with Gasteiger partial charge in [0.1, 0.15) is 17.7 Å². The number of methoxy groups -OCH3 is 1. The minimum absolute atomic E-state index is 0.0396. The van der Waals surface area contributed by atoms with Crippen molar-refractivity contribution in [2.75, 3.05) is 13.7 Å². The van der Waals surface area contributed by atoms with E-state index in [0.717, 1.165) is 4.90 Å². The van der Waals surface area contributed by atoms with E-state index in [4.69, 9.17) is 14.2 Å². The highest BCUT2D eigenvalue weighted by Crippen LogP contribution is 2.31. The molecule has 9 heteroatoms. The van der Waals surface area contributed by atoms with Crippen LogP contribution in [0.4, 0.5) is 0 Å². The lowest BCUT2D eigenvalue weighted by Gasteiger charge is -2.21. The molecular weight excluding hydrogens is 428 g/mol. The van der Waals surface area contributed by atoms with Crippen molar-refractivity contribution in [3.05, 3.63) is 64.7 Å². The van der Waals surface area contributed by atoms with Crippen molar-refractivity contribution < 1.29 is 33.4 Å². The normalized spacial score (nSPS) is 13.8. The Labute approximate surface area is 189 Å². The minimum atomic E-state index is -1.18. The monoisotopic (exact) mass is 448 g/mol. The van der Waals surface area contributed by atoms with Crippen molar-refractivity contribution in [1.82, 2.24) is 4.90 Å². The third kappa shape index (κ3) is 4.60. The van der Waals surface area contributed by atoms with Crippen molar-refractivity contribution >= 4 is 29.8 Å². The summed E-state index contributed by atoms with van der Waals surface area (Å²) in [5.41, 5.74) is 0.684. The summed E-state index contributed by atoms with van der Waals surface area (Å²) in [6.45, 7) is 3.15. The van der Waals surface area contributed by atoms with Crippen LogP contribution in [-0.4, -0.2) is 48.4 Å². The Morgan fingerprint density at radius 1 is 1.09 bits per heavy atom. The molecule has 1 aliphatic rings. The Morgan fingerprint density at radius 2 is 1.73 bits per heavy atom. The molecule has 2 aromatic rings. The van der Waals surface area contributed by atoms with E-state index >= 15 is 0 Å². The van der Waals surface area contributed by atoms with Crippen molar-refractivity contribution in [3.8, 4) is 17.6 Å². The minimum Gasteiger partial charge on any atom is -0.493 e. The number of rotatable bonds is 7. The van der Waals surface area contributed by atoms with Crippen LogP contribution in [0.2, 0.25) is 0 Å². The Morgan fingerprint density at radius 3 is 2.27 bits per heavy atom. The Hall–Kier alpha value is -4.45. The predicted molar refractivity (Wildman–Crippen MR) is 115 cm³/mol. The van der Waals surface area contributed by atoms with E-state index in [1.165, 1.54) is 50.4 Å². The van der Waals surface area contributed by atoms with Gasteiger partial charge in [-0.2, -0.15) is 5.26 Å². The number of esters is 2. The first-order valence-corrected chi connectivity index (χ1v) is 9.97. The fourth-order valence-electron chi connectivity index (χ4n) is 3.23. The molecule has 0 spiro atoms. The highest BCUT2D eigenvalue weighted by molar-refractivity contribution is 6.22. The van der Waals surface area contributed by atoms with Crippen LogP contribution in [0.25, 0.3) is 6.08 Å². The highest BCUT2D eigenvalue weighted by Gasteiger charge is 2.41. The van der Waals surface area contributed by atoms with Gasteiger partial charge in [-0.3, -0.25) is 14.5 Å². The molecule has 168 valence electrons. The number of benzene rings is 2. The molecule has 0 radical (unpaired) electrons. The second-order valence-corrected chi connectivity index (χ2v) is 6.92. The summed E-state index contributed by atoms with van der Waals surface area (Å²) in [4.78, 5) is 50.6. The second-order valence-electron chi connectivity index (χ2n) is 6.92. The SMILES string of the molecule is CCOC(=O)/C(C#N)=C/c1ccc(OC(=O)C(C)N2C(=O)c3ccccc3C2=O)c(OC)c1. The van der Waals surface area contributed by atoms with Gasteiger partial charge in [-0.05, 0) is 49.8 Å². The molecule has 1 aliphatic heterocycles. The molecule has 0 aromatic heterocycles. The lowest BCUT2D eigenvalue weighted by atomic mass is 10.1. The molecule has 0 N–H and O–H groups in total. The number of carbonyl (C=O) groups is 4. The summed E-state index contributed by atoms with van der Waals surface area (Å²) in [7, 11) is 1.35. The summed E-state index contributed by atoms with van der Waals surface area (Å²) < 4.78 is 15.5. The molecule has 9 nitrogen and oxygen atoms in total. The van der Waals surface area contributed by atoms with E-state index in [1.807, 2.05) is 0 Å². The molecule has 3 rings (SSSR count). The zero-order valence-corrected chi connectivity index (χ0v) is 18.2. The number of nitriles is 1. The van der Waals surface area contributed by atoms with Crippen molar-refractivity contribution in [3.63, 3.8) is 0 Å². The Kier molecular flexibility index (Phi) is 6.88.